The SMILES string of the molecule is C=C(C)C(=O)OCCOc1ccc(Cc2nc(Cc3ccccc3)nc(Nc3ccccc3)n2)cc1. The summed E-state index contributed by atoms with van der Waals surface area (Å²) in [4.78, 5) is 25.5. The molecular formula is C29H28N4O3. The molecule has 0 spiro atoms. The molecule has 0 aliphatic heterocycles. The van der Waals surface area contributed by atoms with Crippen molar-refractivity contribution >= 4 is 17.6 Å². The van der Waals surface area contributed by atoms with Gasteiger partial charge in [-0.2, -0.15) is 9.97 Å². The van der Waals surface area contributed by atoms with E-state index in [9.17, 15) is 4.79 Å². The van der Waals surface area contributed by atoms with Gasteiger partial charge in [-0.1, -0.05) is 67.2 Å². The molecule has 1 aromatic heterocycles. The zero-order valence-corrected chi connectivity index (χ0v) is 20.2. The summed E-state index contributed by atoms with van der Waals surface area (Å²) in [5.41, 5.74) is 3.46. The predicted octanol–water partition coefficient (Wildman–Crippen LogP) is 5.29. The fourth-order valence-electron chi connectivity index (χ4n) is 3.41. The van der Waals surface area contributed by atoms with Crippen LogP contribution in [0.15, 0.2) is 97.1 Å². The summed E-state index contributed by atoms with van der Waals surface area (Å²) in [5, 5.41) is 3.29. The largest absolute Gasteiger partial charge is 0.490 e. The van der Waals surface area contributed by atoms with Crippen LogP contribution in [-0.4, -0.2) is 34.1 Å². The minimum absolute atomic E-state index is 0.166. The molecule has 0 radical (unpaired) electrons. The quantitative estimate of drug-likeness (QED) is 0.177. The number of rotatable bonds is 11. The van der Waals surface area contributed by atoms with Crippen molar-refractivity contribution in [3.05, 3.63) is 120 Å². The van der Waals surface area contributed by atoms with Crippen molar-refractivity contribution in [2.75, 3.05) is 18.5 Å². The molecule has 3 aromatic carbocycles. The molecule has 0 unspecified atom stereocenters. The van der Waals surface area contributed by atoms with Gasteiger partial charge in [-0.25, -0.2) is 9.78 Å². The number of ether oxygens (including phenoxy) is 2. The molecule has 7 nitrogen and oxygen atoms in total. The Hall–Kier alpha value is -4.52. The summed E-state index contributed by atoms with van der Waals surface area (Å²) in [7, 11) is 0. The average molecular weight is 481 g/mol. The van der Waals surface area contributed by atoms with Crippen molar-refractivity contribution in [3.8, 4) is 5.75 Å². The second-order valence-corrected chi connectivity index (χ2v) is 8.23. The molecule has 4 aromatic rings. The van der Waals surface area contributed by atoms with E-state index in [-0.39, 0.29) is 13.2 Å². The van der Waals surface area contributed by atoms with Crippen LogP contribution in [0.5, 0.6) is 5.75 Å². The lowest BCUT2D eigenvalue weighted by Gasteiger charge is -2.10. The minimum atomic E-state index is -0.418. The number of hydrogen-bond acceptors (Lipinski definition) is 7. The van der Waals surface area contributed by atoms with E-state index in [2.05, 4.69) is 34.0 Å². The fourth-order valence-corrected chi connectivity index (χ4v) is 3.41. The van der Waals surface area contributed by atoms with E-state index in [0.717, 1.165) is 16.8 Å². The van der Waals surface area contributed by atoms with E-state index < -0.39 is 5.97 Å². The zero-order valence-electron chi connectivity index (χ0n) is 20.2. The number of hydrogen-bond donors (Lipinski definition) is 1. The maximum absolute atomic E-state index is 11.4. The number of aromatic nitrogens is 3. The first-order chi connectivity index (χ1) is 17.5. The maximum Gasteiger partial charge on any atom is 0.333 e. The average Bonchev–Trinajstić information content (AvgIpc) is 2.88. The molecule has 0 atom stereocenters. The summed E-state index contributed by atoms with van der Waals surface area (Å²) >= 11 is 0. The van der Waals surface area contributed by atoms with Crippen LogP contribution in [0.4, 0.5) is 11.6 Å². The van der Waals surface area contributed by atoms with Crippen molar-refractivity contribution in [1.82, 2.24) is 15.0 Å². The van der Waals surface area contributed by atoms with Crippen molar-refractivity contribution in [3.63, 3.8) is 0 Å². The van der Waals surface area contributed by atoms with Gasteiger partial charge in [0.15, 0.2) is 0 Å². The Labute approximate surface area is 210 Å². The van der Waals surface area contributed by atoms with Gasteiger partial charge in [0.2, 0.25) is 5.95 Å². The molecule has 0 aliphatic carbocycles. The lowest BCUT2D eigenvalue weighted by molar-refractivity contribution is -0.139. The molecule has 0 amide bonds. The number of carbonyl (C=O) groups excluding carboxylic acids is 1. The first kappa shape index (κ1) is 24.6. The first-order valence-electron chi connectivity index (χ1n) is 11.7. The van der Waals surface area contributed by atoms with Crippen LogP contribution < -0.4 is 10.1 Å². The third-order valence-electron chi connectivity index (χ3n) is 5.18. The van der Waals surface area contributed by atoms with E-state index in [1.807, 2.05) is 72.8 Å². The lowest BCUT2D eigenvalue weighted by Crippen LogP contribution is -2.12. The zero-order chi connectivity index (χ0) is 25.2. The third kappa shape index (κ3) is 7.50. The van der Waals surface area contributed by atoms with Crippen LogP contribution in [0.2, 0.25) is 0 Å². The van der Waals surface area contributed by atoms with Gasteiger partial charge in [-0.3, -0.25) is 0 Å². The van der Waals surface area contributed by atoms with Crippen LogP contribution >= 0.6 is 0 Å². The molecule has 0 aliphatic rings. The van der Waals surface area contributed by atoms with Crippen molar-refractivity contribution in [2.24, 2.45) is 0 Å². The summed E-state index contributed by atoms with van der Waals surface area (Å²) in [6, 6.07) is 27.7. The van der Waals surface area contributed by atoms with E-state index in [1.54, 1.807) is 6.92 Å². The van der Waals surface area contributed by atoms with Crippen LogP contribution in [0.3, 0.4) is 0 Å². The Kier molecular flexibility index (Phi) is 8.38. The standard InChI is InChI=1S/C29H28N4O3/c1-21(2)28(34)36-18-17-35-25-15-13-23(14-16-25)20-27-31-26(19-22-9-5-3-6-10-22)32-29(33-27)30-24-11-7-4-8-12-24/h3-16H,1,17-20H2,2H3,(H,30,31,32,33). The van der Waals surface area contributed by atoms with Crippen LogP contribution in [-0.2, 0) is 22.4 Å². The van der Waals surface area contributed by atoms with E-state index in [4.69, 9.17) is 14.5 Å². The van der Waals surface area contributed by atoms with Gasteiger partial charge < -0.3 is 14.8 Å². The second-order valence-electron chi connectivity index (χ2n) is 8.23. The maximum atomic E-state index is 11.4. The number of anilines is 2. The Morgan fingerprint density at radius 1 is 0.778 bits per heavy atom. The highest BCUT2D eigenvalue weighted by atomic mass is 16.6. The molecule has 182 valence electrons. The number of nitrogens with zero attached hydrogens (tertiary/aromatic N) is 3. The molecular weight excluding hydrogens is 452 g/mol. The van der Waals surface area contributed by atoms with Gasteiger partial charge >= 0.3 is 5.97 Å². The van der Waals surface area contributed by atoms with Crippen molar-refractivity contribution < 1.29 is 14.3 Å². The van der Waals surface area contributed by atoms with Crippen LogP contribution in [0, 0.1) is 0 Å². The number of para-hydroxylation sites is 1. The van der Waals surface area contributed by atoms with E-state index >= 15 is 0 Å². The molecule has 0 fully saturated rings. The smallest absolute Gasteiger partial charge is 0.333 e. The van der Waals surface area contributed by atoms with E-state index in [1.165, 1.54) is 0 Å². The van der Waals surface area contributed by atoms with Gasteiger partial charge in [0.25, 0.3) is 0 Å². The topological polar surface area (TPSA) is 86.2 Å². The first-order valence-corrected chi connectivity index (χ1v) is 11.7. The van der Waals surface area contributed by atoms with E-state index in [0.29, 0.717) is 41.8 Å². The van der Waals surface area contributed by atoms with Gasteiger partial charge in [0.1, 0.15) is 30.6 Å². The summed E-state index contributed by atoms with van der Waals surface area (Å²) < 4.78 is 10.7. The molecule has 0 bridgehead atoms. The Balaban J connectivity index is 1.44. The van der Waals surface area contributed by atoms with Gasteiger partial charge in [0.05, 0.1) is 0 Å². The predicted molar refractivity (Wildman–Crippen MR) is 139 cm³/mol. The van der Waals surface area contributed by atoms with Gasteiger partial charge in [-0.15, -0.1) is 0 Å². The highest BCUT2D eigenvalue weighted by Crippen LogP contribution is 2.17. The number of nitrogens with one attached hydrogen (secondary N) is 1. The highest BCUT2D eigenvalue weighted by Gasteiger charge is 2.10. The molecule has 1 heterocycles. The normalized spacial score (nSPS) is 10.5. The molecule has 4 rings (SSSR count). The van der Waals surface area contributed by atoms with Gasteiger partial charge in [-0.05, 0) is 42.3 Å². The number of esters is 1. The summed E-state index contributed by atoms with van der Waals surface area (Å²) in [6.45, 7) is 5.60. The molecule has 7 heteroatoms. The third-order valence-corrected chi connectivity index (χ3v) is 5.18. The fraction of sp³-hybridized carbons (Fsp3) is 0.172. The number of benzene rings is 3. The highest BCUT2D eigenvalue weighted by molar-refractivity contribution is 5.86. The molecule has 36 heavy (non-hydrogen) atoms. The summed E-state index contributed by atoms with van der Waals surface area (Å²) in [5.74, 6) is 2.17. The Bertz CT molecular complexity index is 1230. The Morgan fingerprint density at radius 2 is 1.36 bits per heavy atom. The molecule has 1 N–H and O–H groups in total. The molecule has 0 saturated heterocycles. The second kappa shape index (κ2) is 12.3. The van der Waals surface area contributed by atoms with Crippen molar-refractivity contribution in [2.45, 2.75) is 19.8 Å². The van der Waals surface area contributed by atoms with Crippen LogP contribution in [0.25, 0.3) is 0 Å². The van der Waals surface area contributed by atoms with Crippen LogP contribution in [0.1, 0.15) is 29.7 Å². The monoisotopic (exact) mass is 480 g/mol. The van der Waals surface area contributed by atoms with Gasteiger partial charge in [0, 0.05) is 24.1 Å². The summed E-state index contributed by atoms with van der Waals surface area (Å²) in [6.07, 6.45) is 1.16. The van der Waals surface area contributed by atoms with Crippen molar-refractivity contribution in [1.29, 1.82) is 0 Å². The minimum Gasteiger partial charge on any atom is -0.490 e. The molecule has 0 saturated carbocycles. The Morgan fingerprint density at radius 3 is 1.97 bits per heavy atom. The number of carbonyl (C=O) groups is 1. The lowest BCUT2D eigenvalue weighted by atomic mass is 10.1.